The van der Waals surface area contributed by atoms with Crippen LogP contribution in [0.5, 0.6) is 0 Å². The number of aromatic nitrogens is 2. The van der Waals surface area contributed by atoms with Crippen molar-refractivity contribution in [3.05, 3.63) is 43.0 Å². The van der Waals surface area contributed by atoms with Crippen molar-refractivity contribution >= 4 is 11.4 Å². The molecule has 0 atom stereocenters. The smallest absolute Gasteiger partial charge is 0.243 e. The summed E-state index contributed by atoms with van der Waals surface area (Å²) >= 11 is 0. The zero-order valence-electron chi connectivity index (χ0n) is 11.0. The molecule has 1 heterocycles. The number of para-hydroxylation sites is 2. The van der Waals surface area contributed by atoms with E-state index in [-0.39, 0.29) is 6.61 Å². The van der Waals surface area contributed by atoms with Crippen LogP contribution in [0.2, 0.25) is 0 Å². The molecule has 0 aliphatic heterocycles. The van der Waals surface area contributed by atoms with Gasteiger partial charge in [-0.15, -0.1) is 0 Å². The number of hydrogen-bond donors (Lipinski definition) is 3. The SMILES string of the molecule is Nc1ccccc1NCCCn1cc[n+](CCO)c1. The number of benzene rings is 1. The first-order valence-corrected chi connectivity index (χ1v) is 6.53. The molecule has 102 valence electrons. The highest BCUT2D eigenvalue weighted by Crippen LogP contribution is 2.16. The van der Waals surface area contributed by atoms with Crippen LogP contribution in [0.25, 0.3) is 0 Å². The van der Waals surface area contributed by atoms with Crippen molar-refractivity contribution in [1.29, 1.82) is 0 Å². The second kappa shape index (κ2) is 6.80. The Kier molecular flexibility index (Phi) is 4.80. The van der Waals surface area contributed by atoms with Crippen LogP contribution in [0.1, 0.15) is 6.42 Å². The van der Waals surface area contributed by atoms with Gasteiger partial charge in [-0.3, -0.25) is 0 Å². The van der Waals surface area contributed by atoms with E-state index in [1.165, 1.54) is 0 Å². The highest BCUT2D eigenvalue weighted by Gasteiger charge is 2.02. The van der Waals surface area contributed by atoms with Gasteiger partial charge in [0, 0.05) is 13.0 Å². The third-order valence-corrected chi connectivity index (χ3v) is 2.97. The normalized spacial score (nSPS) is 10.6. The summed E-state index contributed by atoms with van der Waals surface area (Å²) in [6, 6.07) is 7.79. The molecule has 0 spiro atoms. The number of nitrogens with zero attached hydrogens (tertiary/aromatic N) is 2. The van der Waals surface area contributed by atoms with Crippen molar-refractivity contribution in [1.82, 2.24) is 4.57 Å². The van der Waals surface area contributed by atoms with Crippen molar-refractivity contribution < 1.29 is 9.67 Å². The number of rotatable bonds is 7. The zero-order chi connectivity index (χ0) is 13.5. The molecule has 2 aromatic rings. The maximum atomic E-state index is 8.84. The Morgan fingerprint density at radius 2 is 2.16 bits per heavy atom. The summed E-state index contributed by atoms with van der Waals surface area (Å²) in [5.41, 5.74) is 7.63. The van der Waals surface area contributed by atoms with E-state index in [0.29, 0.717) is 6.54 Å². The molecule has 1 aromatic heterocycles. The fourth-order valence-corrected chi connectivity index (χ4v) is 1.96. The van der Waals surface area contributed by atoms with Gasteiger partial charge in [0.25, 0.3) is 0 Å². The van der Waals surface area contributed by atoms with Crippen molar-refractivity contribution in [2.24, 2.45) is 0 Å². The monoisotopic (exact) mass is 261 g/mol. The number of imidazole rings is 1. The standard InChI is InChI=1S/C14H21N4O/c15-13-4-1-2-5-14(13)16-6-3-7-17-8-9-18(12-17)10-11-19/h1-2,4-5,8-9,12,16,19H,3,6-7,10-11,15H2/q+1. The van der Waals surface area contributed by atoms with Crippen molar-refractivity contribution in [2.75, 3.05) is 24.2 Å². The molecule has 0 saturated heterocycles. The maximum Gasteiger partial charge on any atom is 0.243 e. The van der Waals surface area contributed by atoms with E-state index in [1.54, 1.807) is 0 Å². The largest absolute Gasteiger partial charge is 0.397 e. The van der Waals surface area contributed by atoms with Gasteiger partial charge in [0.2, 0.25) is 6.33 Å². The van der Waals surface area contributed by atoms with Crippen molar-refractivity contribution in [2.45, 2.75) is 19.5 Å². The lowest BCUT2D eigenvalue weighted by Crippen LogP contribution is -2.32. The van der Waals surface area contributed by atoms with Crippen LogP contribution in [-0.2, 0) is 13.1 Å². The molecule has 1 aromatic carbocycles. The Hall–Kier alpha value is -2.01. The minimum absolute atomic E-state index is 0.170. The van der Waals surface area contributed by atoms with Crippen LogP contribution < -0.4 is 15.6 Å². The number of nitrogens with two attached hydrogens (primary N) is 1. The molecular formula is C14H21N4O+. The average Bonchev–Trinajstić information content (AvgIpc) is 2.85. The first kappa shape index (κ1) is 13.4. The van der Waals surface area contributed by atoms with Crippen LogP contribution >= 0.6 is 0 Å². The summed E-state index contributed by atoms with van der Waals surface area (Å²) in [5.74, 6) is 0. The molecule has 5 heteroatoms. The summed E-state index contributed by atoms with van der Waals surface area (Å²) in [6.45, 7) is 2.64. The lowest BCUT2D eigenvalue weighted by atomic mass is 10.2. The number of nitrogen functional groups attached to an aromatic ring is 1. The van der Waals surface area contributed by atoms with E-state index in [9.17, 15) is 0 Å². The zero-order valence-corrected chi connectivity index (χ0v) is 11.0. The second-order valence-electron chi connectivity index (χ2n) is 4.48. The Labute approximate surface area is 113 Å². The predicted octanol–water partition coefficient (Wildman–Crippen LogP) is 0.852. The van der Waals surface area contributed by atoms with Gasteiger partial charge in [-0.1, -0.05) is 12.1 Å². The number of aliphatic hydroxyl groups is 1. The first-order chi connectivity index (χ1) is 9.29. The van der Waals surface area contributed by atoms with Gasteiger partial charge in [-0.2, -0.15) is 0 Å². The molecule has 0 saturated carbocycles. The number of aliphatic hydroxyl groups excluding tert-OH is 1. The van der Waals surface area contributed by atoms with Crippen LogP contribution in [0, 0.1) is 0 Å². The first-order valence-electron chi connectivity index (χ1n) is 6.53. The van der Waals surface area contributed by atoms with Gasteiger partial charge in [0.1, 0.15) is 18.9 Å². The molecule has 2 rings (SSSR count). The second-order valence-corrected chi connectivity index (χ2v) is 4.48. The molecule has 5 nitrogen and oxygen atoms in total. The fraction of sp³-hybridized carbons (Fsp3) is 0.357. The van der Waals surface area contributed by atoms with E-state index < -0.39 is 0 Å². The Balaban J connectivity index is 1.73. The molecule has 19 heavy (non-hydrogen) atoms. The lowest BCUT2D eigenvalue weighted by molar-refractivity contribution is -0.697. The summed E-state index contributed by atoms with van der Waals surface area (Å²) in [7, 11) is 0. The Morgan fingerprint density at radius 1 is 1.32 bits per heavy atom. The van der Waals surface area contributed by atoms with Gasteiger partial charge in [-0.05, 0) is 12.1 Å². The van der Waals surface area contributed by atoms with Gasteiger partial charge in [0.05, 0.1) is 24.5 Å². The Morgan fingerprint density at radius 3 is 2.95 bits per heavy atom. The van der Waals surface area contributed by atoms with Crippen LogP contribution in [0.3, 0.4) is 0 Å². The van der Waals surface area contributed by atoms with E-state index in [4.69, 9.17) is 10.8 Å². The van der Waals surface area contributed by atoms with Gasteiger partial charge in [0.15, 0.2) is 0 Å². The molecule has 0 bridgehead atoms. The minimum Gasteiger partial charge on any atom is -0.397 e. The molecule has 0 fully saturated rings. The highest BCUT2D eigenvalue weighted by atomic mass is 16.3. The van der Waals surface area contributed by atoms with Crippen molar-refractivity contribution in [3.8, 4) is 0 Å². The van der Waals surface area contributed by atoms with Crippen LogP contribution in [0.4, 0.5) is 11.4 Å². The fourth-order valence-electron chi connectivity index (χ4n) is 1.96. The van der Waals surface area contributed by atoms with E-state index in [2.05, 4.69) is 9.88 Å². The highest BCUT2D eigenvalue weighted by molar-refractivity contribution is 5.65. The molecule has 0 aliphatic rings. The van der Waals surface area contributed by atoms with Gasteiger partial charge < -0.3 is 16.2 Å². The summed E-state index contributed by atoms with van der Waals surface area (Å²) in [6.07, 6.45) is 7.01. The number of nitrogens with one attached hydrogen (secondary N) is 1. The van der Waals surface area contributed by atoms with E-state index >= 15 is 0 Å². The Bertz CT molecular complexity index is 510. The third kappa shape index (κ3) is 3.99. The summed E-state index contributed by atoms with van der Waals surface area (Å²) in [5, 5.41) is 12.2. The summed E-state index contributed by atoms with van der Waals surface area (Å²) < 4.78 is 4.09. The molecule has 0 unspecified atom stereocenters. The summed E-state index contributed by atoms with van der Waals surface area (Å²) in [4.78, 5) is 0. The van der Waals surface area contributed by atoms with E-state index in [1.807, 2.05) is 47.6 Å². The molecular weight excluding hydrogens is 240 g/mol. The van der Waals surface area contributed by atoms with Gasteiger partial charge in [-0.25, -0.2) is 9.13 Å². The quantitative estimate of drug-likeness (QED) is 0.393. The third-order valence-electron chi connectivity index (χ3n) is 2.97. The maximum absolute atomic E-state index is 8.84. The number of hydrogen-bond acceptors (Lipinski definition) is 3. The number of anilines is 2. The van der Waals surface area contributed by atoms with Crippen LogP contribution in [-0.4, -0.2) is 22.8 Å². The molecule has 0 amide bonds. The van der Waals surface area contributed by atoms with Crippen LogP contribution in [0.15, 0.2) is 43.0 Å². The van der Waals surface area contributed by atoms with E-state index in [0.717, 1.165) is 30.9 Å². The lowest BCUT2D eigenvalue weighted by Gasteiger charge is -2.07. The topological polar surface area (TPSA) is 67.1 Å². The molecule has 0 aliphatic carbocycles. The minimum atomic E-state index is 0.170. The van der Waals surface area contributed by atoms with Gasteiger partial charge >= 0.3 is 0 Å². The predicted molar refractivity (Wildman–Crippen MR) is 75.7 cm³/mol. The van der Waals surface area contributed by atoms with Crippen molar-refractivity contribution in [3.63, 3.8) is 0 Å². The number of aryl methyl sites for hydroxylation is 1. The molecule has 0 radical (unpaired) electrons. The average molecular weight is 261 g/mol. The molecule has 4 N–H and O–H groups in total.